The molecule has 0 N–H and O–H groups in total. The van der Waals surface area contributed by atoms with Gasteiger partial charge in [0.1, 0.15) is 11.9 Å². The fourth-order valence-corrected chi connectivity index (χ4v) is 3.49. The van der Waals surface area contributed by atoms with Gasteiger partial charge in [0, 0.05) is 23.9 Å². The third-order valence-corrected chi connectivity index (χ3v) is 5.13. The van der Waals surface area contributed by atoms with E-state index in [0.717, 1.165) is 0 Å². The molecule has 3 aromatic rings. The van der Waals surface area contributed by atoms with Crippen LogP contribution in [0.5, 0.6) is 0 Å². The predicted octanol–water partition coefficient (Wildman–Crippen LogP) is 4.31. The van der Waals surface area contributed by atoms with E-state index in [1.54, 1.807) is 25.1 Å². The molecule has 29 heavy (non-hydrogen) atoms. The first-order valence-electron chi connectivity index (χ1n) is 8.79. The van der Waals surface area contributed by atoms with Gasteiger partial charge in [-0.3, -0.25) is 4.79 Å². The molecule has 0 saturated heterocycles. The summed E-state index contributed by atoms with van der Waals surface area (Å²) in [6, 6.07) is 6.33. The van der Waals surface area contributed by atoms with Crippen molar-refractivity contribution >= 4 is 40.8 Å². The molecule has 2 aromatic heterocycles. The van der Waals surface area contributed by atoms with Gasteiger partial charge in [-0.15, -0.1) is 5.10 Å². The number of hydrogen-bond acceptors (Lipinski definition) is 5. The van der Waals surface area contributed by atoms with Crippen LogP contribution < -0.4 is 5.43 Å². The van der Waals surface area contributed by atoms with Crippen molar-refractivity contribution in [1.82, 2.24) is 19.3 Å². The largest absolute Gasteiger partial charge is 0.462 e. The molecule has 0 aliphatic rings. The van der Waals surface area contributed by atoms with Crippen molar-refractivity contribution < 1.29 is 9.53 Å². The molecule has 152 valence electrons. The third-order valence-electron chi connectivity index (χ3n) is 4.22. The fraction of sp³-hybridized carbons (Fsp3) is 0.263. The number of hydrogen-bond donors (Lipinski definition) is 0. The maximum Gasteiger partial charge on any atom is 0.344 e. The summed E-state index contributed by atoms with van der Waals surface area (Å²) in [6.45, 7) is 4.43. The van der Waals surface area contributed by atoms with Crippen molar-refractivity contribution in [3.63, 3.8) is 0 Å². The van der Waals surface area contributed by atoms with Gasteiger partial charge in [-0.05, 0) is 37.6 Å². The molecule has 0 saturated carbocycles. The van der Waals surface area contributed by atoms with E-state index in [0.29, 0.717) is 33.5 Å². The van der Waals surface area contributed by atoms with Crippen LogP contribution in [-0.2, 0) is 17.8 Å². The van der Waals surface area contributed by atoms with Crippen LogP contribution in [0, 0.1) is 0 Å². The highest BCUT2D eigenvalue weighted by atomic mass is 35.5. The summed E-state index contributed by atoms with van der Waals surface area (Å²) in [5, 5.41) is 4.83. The van der Waals surface area contributed by atoms with E-state index in [-0.39, 0.29) is 24.0 Å². The predicted molar refractivity (Wildman–Crippen MR) is 112 cm³/mol. The van der Waals surface area contributed by atoms with Crippen molar-refractivity contribution in [3.05, 3.63) is 67.4 Å². The number of esters is 1. The van der Waals surface area contributed by atoms with Crippen molar-refractivity contribution in [1.29, 1.82) is 0 Å². The number of halogens is 3. The van der Waals surface area contributed by atoms with Crippen LogP contribution in [-0.4, -0.2) is 31.9 Å². The van der Waals surface area contributed by atoms with Gasteiger partial charge in [-0.25, -0.2) is 14.5 Å². The fourth-order valence-electron chi connectivity index (χ4n) is 3.05. The lowest BCUT2D eigenvalue weighted by Gasteiger charge is -2.20. The molecule has 1 aromatic carbocycles. The van der Waals surface area contributed by atoms with Crippen molar-refractivity contribution in [2.75, 3.05) is 6.61 Å². The first-order chi connectivity index (χ1) is 13.8. The maximum absolute atomic E-state index is 12.9. The molecule has 0 aliphatic carbocycles. The van der Waals surface area contributed by atoms with Gasteiger partial charge in [0.25, 0.3) is 0 Å². The van der Waals surface area contributed by atoms with Crippen molar-refractivity contribution in [3.8, 4) is 11.3 Å². The molecular weight excluding hydrogens is 439 g/mol. The quantitative estimate of drug-likeness (QED) is 0.517. The standard InChI is InChI=1S/C19H17Cl3N4O3/c1-3-26-12(9-25-10-23-19(22)24-25)8-15(27)16(18(28)29-4-2)17(26)11-5-6-13(20)14(21)7-11/h5-8,10H,3-4,9H2,1-2H3. The molecule has 3 rings (SSSR count). The highest BCUT2D eigenvalue weighted by Crippen LogP contribution is 2.31. The topological polar surface area (TPSA) is 79.0 Å². The smallest absolute Gasteiger partial charge is 0.344 e. The van der Waals surface area contributed by atoms with Crippen LogP contribution in [0.15, 0.2) is 35.4 Å². The second-order valence-electron chi connectivity index (χ2n) is 6.03. The zero-order valence-corrected chi connectivity index (χ0v) is 17.9. The zero-order valence-electron chi connectivity index (χ0n) is 15.7. The lowest BCUT2D eigenvalue weighted by molar-refractivity contribution is 0.0525. The van der Waals surface area contributed by atoms with Crippen LogP contribution >= 0.6 is 34.8 Å². The van der Waals surface area contributed by atoms with E-state index < -0.39 is 11.4 Å². The number of benzene rings is 1. The lowest BCUT2D eigenvalue weighted by Crippen LogP contribution is -2.25. The monoisotopic (exact) mass is 454 g/mol. The minimum absolute atomic E-state index is 0.0625. The Labute approximate surface area is 181 Å². The minimum atomic E-state index is -0.698. The normalized spacial score (nSPS) is 10.9. The number of pyridine rings is 1. The van der Waals surface area contributed by atoms with Gasteiger partial charge in [-0.1, -0.05) is 29.3 Å². The van der Waals surface area contributed by atoms with Crippen LogP contribution in [0.2, 0.25) is 15.3 Å². The first-order valence-corrected chi connectivity index (χ1v) is 9.93. The van der Waals surface area contributed by atoms with Crippen molar-refractivity contribution in [2.24, 2.45) is 0 Å². The Balaban J connectivity index is 2.28. The molecule has 0 spiro atoms. The summed E-state index contributed by atoms with van der Waals surface area (Å²) < 4.78 is 8.47. The molecule has 0 atom stereocenters. The Morgan fingerprint density at radius 1 is 1.14 bits per heavy atom. The number of ether oxygens (including phenoxy) is 1. The molecule has 2 heterocycles. The maximum atomic E-state index is 12.9. The Bertz CT molecular complexity index is 1120. The summed E-state index contributed by atoms with van der Waals surface area (Å²) in [5.41, 5.74) is 1.06. The summed E-state index contributed by atoms with van der Waals surface area (Å²) in [7, 11) is 0. The second kappa shape index (κ2) is 8.98. The van der Waals surface area contributed by atoms with Gasteiger partial charge in [0.15, 0.2) is 5.43 Å². The Kier molecular flexibility index (Phi) is 6.62. The van der Waals surface area contributed by atoms with Gasteiger partial charge in [0.2, 0.25) is 5.28 Å². The molecule has 0 fully saturated rings. The lowest BCUT2D eigenvalue weighted by atomic mass is 10.0. The van der Waals surface area contributed by atoms with E-state index in [9.17, 15) is 9.59 Å². The third kappa shape index (κ3) is 4.47. The van der Waals surface area contributed by atoms with E-state index >= 15 is 0 Å². The van der Waals surface area contributed by atoms with Crippen molar-refractivity contribution in [2.45, 2.75) is 26.9 Å². The molecule has 7 nitrogen and oxygen atoms in total. The summed E-state index contributed by atoms with van der Waals surface area (Å²) >= 11 is 18.0. The van der Waals surface area contributed by atoms with E-state index in [4.69, 9.17) is 39.5 Å². The van der Waals surface area contributed by atoms with Gasteiger partial charge >= 0.3 is 5.97 Å². The van der Waals surface area contributed by atoms with Crippen LogP contribution in [0.4, 0.5) is 0 Å². The molecule has 0 radical (unpaired) electrons. The molecule has 10 heteroatoms. The van der Waals surface area contributed by atoms with E-state index in [2.05, 4.69) is 10.1 Å². The summed E-state index contributed by atoms with van der Waals surface area (Å²) in [6.07, 6.45) is 1.46. The SMILES string of the molecule is CCOC(=O)c1c(-c2ccc(Cl)c(Cl)c2)n(CC)c(Cn2cnc(Cl)n2)cc1=O. The number of nitrogens with zero attached hydrogens (tertiary/aromatic N) is 4. The van der Waals surface area contributed by atoms with Gasteiger partial charge in [-0.2, -0.15) is 0 Å². The Hall–Kier alpha value is -2.35. The number of carbonyl (C=O) groups is 1. The first kappa shape index (κ1) is 21.4. The average Bonchev–Trinajstić information content (AvgIpc) is 3.08. The number of carbonyl (C=O) groups excluding carboxylic acids is 1. The zero-order chi connectivity index (χ0) is 21.1. The Morgan fingerprint density at radius 3 is 2.48 bits per heavy atom. The van der Waals surface area contributed by atoms with Gasteiger partial charge < -0.3 is 9.30 Å². The molecular formula is C19H17Cl3N4O3. The second-order valence-corrected chi connectivity index (χ2v) is 7.18. The van der Waals surface area contributed by atoms with Gasteiger partial charge in [0.05, 0.1) is 28.9 Å². The summed E-state index contributed by atoms with van der Waals surface area (Å²) in [5.74, 6) is -0.698. The molecule has 0 bridgehead atoms. The van der Waals surface area contributed by atoms with Crippen LogP contribution in [0.25, 0.3) is 11.3 Å². The molecule has 0 aliphatic heterocycles. The molecule has 0 amide bonds. The van der Waals surface area contributed by atoms with E-state index in [1.807, 2.05) is 11.5 Å². The summed E-state index contributed by atoms with van der Waals surface area (Å²) in [4.78, 5) is 29.4. The van der Waals surface area contributed by atoms with Crippen LogP contribution in [0.1, 0.15) is 29.9 Å². The van der Waals surface area contributed by atoms with Crippen LogP contribution in [0.3, 0.4) is 0 Å². The molecule has 0 unspecified atom stereocenters. The number of aromatic nitrogens is 4. The number of rotatable bonds is 6. The highest BCUT2D eigenvalue weighted by Gasteiger charge is 2.24. The van der Waals surface area contributed by atoms with E-state index in [1.165, 1.54) is 17.1 Å². The minimum Gasteiger partial charge on any atom is -0.462 e. The highest BCUT2D eigenvalue weighted by molar-refractivity contribution is 6.42. The Morgan fingerprint density at radius 2 is 1.90 bits per heavy atom. The average molecular weight is 456 g/mol.